The van der Waals surface area contributed by atoms with Gasteiger partial charge in [0.2, 0.25) is 5.91 Å². The molecular formula is C16H14N4O4. The Hall–Kier alpha value is -3.29. The van der Waals surface area contributed by atoms with Gasteiger partial charge in [-0.15, -0.1) is 0 Å². The first-order valence-corrected chi connectivity index (χ1v) is 7.32. The number of hydrogen-bond donors (Lipinski definition) is 2. The lowest BCUT2D eigenvalue weighted by atomic mass is 10.2. The predicted molar refractivity (Wildman–Crippen MR) is 85.0 cm³/mol. The third-order valence-corrected chi connectivity index (χ3v) is 3.61. The Morgan fingerprint density at radius 2 is 1.92 bits per heavy atom. The van der Waals surface area contributed by atoms with Crippen LogP contribution in [0.15, 0.2) is 36.7 Å². The Morgan fingerprint density at radius 3 is 2.58 bits per heavy atom. The summed E-state index contributed by atoms with van der Waals surface area (Å²) in [6.45, 7) is 0.642. The molecule has 0 unspecified atom stereocenters. The number of amides is 2. The van der Waals surface area contributed by atoms with Crippen molar-refractivity contribution < 1.29 is 19.5 Å². The molecule has 3 rings (SSSR count). The predicted octanol–water partition coefficient (Wildman–Crippen LogP) is 1.55. The maximum atomic E-state index is 12.3. The largest absolute Gasteiger partial charge is 0.476 e. The van der Waals surface area contributed by atoms with Crippen LogP contribution in [0.4, 0.5) is 11.4 Å². The van der Waals surface area contributed by atoms with E-state index in [0.29, 0.717) is 24.3 Å². The van der Waals surface area contributed by atoms with Gasteiger partial charge in [0.1, 0.15) is 0 Å². The highest BCUT2D eigenvalue weighted by Gasteiger charge is 2.23. The summed E-state index contributed by atoms with van der Waals surface area (Å²) >= 11 is 0. The van der Waals surface area contributed by atoms with E-state index in [2.05, 4.69) is 15.3 Å². The van der Waals surface area contributed by atoms with Gasteiger partial charge in [0, 0.05) is 36.7 Å². The van der Waals surface area contributed by atoms with Gasteiger partial charge in [0.05, 0.1) is 0 Å². The van der Waals surface area contributed by atoms with Crippen LogP contribution < -0.4 is 10.2 Å². The number of carbonyl (C=O) groups is 3. The first-order chi connectivity index (χ1) is 11.6. The molecule has 1 aromatic carbocycles. The van der Waals surface area contributed by atoms with Gasteiger partial charge in [0.25, 0.3) is 5.91 Å². The summed E-state index contributed by atoms with van der Waals surface area (Å²) in [5.74, 6) is -1.96. The zero-order valence-corrected chi connectivity index (χ0v) is 12.6. The Morgan fingerprint density at radius 1 is 1.17 bits per heavy atom. The second-order valence-electron chi connectivity index (χ2n) is 5.21. The number of rotatable bonds is 4. The van der Waals surface area contributed by atoms with Crippen molar-refractivity contribution in [2.75, 3.05) is 16.8 Å². The molecule has 2 N–H and O–H groups in total. The number of nitrogens with zero attached hydrogens (tertiary/aromatic N) is 3. The summed E-state index contributed by atoms with van der Waals surface area (Å²) in [4.78, 5) is 44.3. The van der Waals surface area contributed by atoms with Crippen LogP contribution >= 0.6 is 0 Å². The summed E-state index contributed by atoms with van der Waals surface area (Å²) in [5.41, 5.74) is 0.445. The van der Waals surface area contributed by atoms with E-state index >= 15 is 0 Å². The SMILES string of the molecule is O=C(O)c1nccnc1C(=O)Nc1cccc(N2CCCC2=O)c1. The molecule has 0 atom stereocenters. The topological polar surface area (TPSA) is 112 Å². The summed E-state index contributed by atoms with van der Waals surface area (Å²) < 4.78 is 0. The van der Waals surface area contributed by atoms with E-state index in [9.17, 15) is 14.4 Å². The van der Waals surface area contributed by atoms with Gasteiger partial charge in [-0.1, -0.05) is 6.07 Å². The highest BCUT2D eigenvalue weighted by atomic mass is 16.4. The molecule has 0 bridgehead atoms. The van der Waals surface area contributed by atoms with Crippen LogP contribution in [0.5, 0.6) is 0 Å². The molecule has 24 heavy (non-hydrogen) atoms. The van der Waals surface area contributed by atoms with Crippen LogP contribution in [0, 0.1) is 0 Å². The van der Waals surface area contributed by atoms with Gasteiger partial charge in [0.15, 0.2) is 11.4 Å². The number of carbonyl (C=O) groups excluding carboxylic acids is 2. The molecule has 1 aliphatic heterocycles. The molecule has 1 saturated heterocycles. The number of carboxylic acid groups (broad SMARTS) is 1. The lowest BCUT2D eigenvalue weighted by molar-refractivity contribution is -0.117. The van der Waals surface area contributed by atoms with Crippen molar-refractivity contribution in [3.8, 4) is 0 Å². The summed E-state index contributed by atoms with van der Waals surface area (Å²) in [5, 5.41) is 11.7. The van der Waals surface area contributed by atoms with Gasteiger partial charge in [-0.05, 0) is 24.6 Å². The Kier molecular flexibility index (Phi) is 4.19. The van der Waals surface area contributed by atoms with Gasteiger partial charge < -0.3 is 15.3 Å². The fraction of sp³-hybridized carbons (Fsp3) is 0.188. The van der Waals surface area contributed by atoms with Crippen LogP contribution in [-0.2, 0) is 4.79 Å². The van der Waals surface area contributed by atoms with Crippen LogP contribution in [0.2, 0.25) is 0 Å². The molecule has 1 aromatic heterocycles. The molecule has 1 aliphatic rings. The van der Waals surface area contributed by atoms with Crippen LogP contribution in [-0.4, -0.2) is 39.4 Å². The third kappa shape index (κ3) is 3.07. The molecule has 0 saturated carbocycles. The van der Waals surface area contributed by atoms with Gasteiger partial charge in [-0.3, -0.25) is 9.59 Å². The van der Waals surface area contributed by atoms with Gasteiger partial charge in [-0.2, -0.15) is 0 Å². The van der Waals surface area contributed by atoms with Crippen LogP contribution in [0.1, 0.15) is 33.8 Å². The number of aromatic carboxylic acids is 1. The van der Waals surface area contributed by atoms with Crippen molar-refractivity contribution in [1.29, 1.82) is 0 Å². The van der Waals surface area contributed by atoms with Crippen LogP contribution in [0.3, 0.4) is 0 Å². The van der Waals surface area contributed by atoms with Crippen molar-refractivity contribution >= 4 is 29.2 Å². The quantitative estimate of drug-likeness (QED) is 0.881. The smallest absolute Gasteiger partial charge is 0.356 e. The zero-order chi connectivity index (χ0) is 17.1. The monoisotopic (exact) mass is 326 g/mol. The maximum Gasteiger partial charge on any atom is 0.356 e. The molecular weight excluding hydrogens is 312 g/mol. The van der Waals surface area contributed by atoms with E-state index in [-0.39, 0.29) is 11.6 Å². The minimum absolute atomic E-state index is 0.0422. The van der Waals surface area contributed by atoms with Crippen molar-refractivity contribution in [2.45, 2.75) is 12.8 Å². The first-order valence-electron chi connectivity index (χ1n) is 7.32. The number of aromatic nitrogens is 2. The van der Waals surface area contributed by atoms with Crippen molar-refractivity contribution in [2.24, 2.45) is 0 Å². The molecule has 2 aromatic rings. The number of nitrogens with one attached hydrogen (secondary N) is 1. The average molecular weight is 326 g/mol. The second-order valence-corrected chi connectivity index (χ2v) is 5.21. The van der Waals surface area contributed by atoms with E-state index in [0.717, 1.165) is 6.42 Å². The highest BCUT2D eigenvalue weighted by Crippen LogP contribution is 2.24. The molecule has 0 aliphatic carbocycles. The third-order valence-electron chi connectivity index (χ3n) is 3.61. The molecule has 2 amide bonds. The maximum absolute atomic E-state index is 12.3. The van der Waals surface area contributed by atoms with Crippen molar-refractivity contribution in [3.05, 3.63) is 48.0 Å². The second kappa shape index (κ2) is 6.45. The number of anilines is 2. The summed E-state index contributed by atoms with van der Waals surface area (Å²) in [7, 11) is 0. The van der Waals surface area contributed by atoms with E-state index in [1.807, 2.05) is 0 Å². The van der Waals surface area contributed by atoms with Crippen molar-refractivity contribution in [1.82, 2.24) is 9.97 Å². The molecule has 122 valence electrons. The molecule has 0 spiro atoms. The van der Waals surface area contributed by atoms with Crippen LogP contribution in [0.25, 0.3) is 0 Å². The Balaban J connectivity index is 1.83. The van der Waals surface area contributed by atoms with E-state index in [4.69, 9.17) is 5.11 Å². The minimum Gasteiger partial charge on any atom is -0.476 e. The first kappa shape index (κ1) is 15.6. The summed E-state index contributed by atoms with van der Waals surface area (Å²) in [6, 6.07) is 6.81. The molecule has 0 radical (unpaired) electrons. The molecule has 1 fully saturated rings. The number of hydrogen-bond acceptors (Lipinski definition) is 5. The standard InChI is InChI=1S/C16H14N4O4/c21-12-5-2-8-20(12)11-4-1-3-10(9-11)19-15(22)13-14(16(23)24)18-7-6-17-13/h1,3-4,6-7,9H,2,5,8H2,(H,19,22)(H,23,24). The summed E-state index contributed by atoms with van der Waals surface area (Å²) in [6.07, 6.45) is 3.77. The normalized spacial score (nSPS) is 13.8. The fourth-order valence-electron chi connectivity index (χ4n) is 2.52. The highest BCUT2D eigenvalue weighted by molar-refractivity contribution is 6.08. The Bertz CT molecular complexity index is 821. The molecule has 2 heterocycles. The van der Waals surface area contributed by atoms with Gasteiger partial charge >= 0.3 is 5.97 Å². The lowest BCUT2D eigenvalue weighted by Gasteiger charge is -2.16. The van der Waals surface area contributed by atoms with Gasteiger partial charge in [-0.25, -0.2) is 14.8 Å². The number of carboxylic acids is 1. The van der Waals surface area contributed by atoms with E-state index in [1.54, 1.807) is 29.2 Å². The molecule has 8 nitrogen and oxygen atoms in total. The van der Waals surface area contributed by atoms with E-state index in [1.165, 1.54) is 12.4 Å². The van der Waals surface area contributed by atoms with Crippen molar-refractivity contribution in [3.63, 3.8) is 0 Å². The molecule has 8 heteroatoms. The van der Waals surface area contributed by atoms with E-state index < -0.39 is 17.6 Å². The zero-order valence-electron chi connectivity index (χ0n) is 12.6. The Labute approximate surface area is 137 Å². The fourth-order valence-corrected chi connectivity index (χ4v) is 2.52. The minimum atomic E-state index is -1.33. The number of benzene rings is 1. The lowest BCUT2D eigenvalue weighted by Crippen LogP contribution is -2.24. The average Bonchev–Trinajstić information content (AvgIpc) is 3.01.